The van der Waals surface area contributed by atoms with Gasteiger partial charge in [-0.15, -0.1) is 0 Å². The molecule has 3 N–H and O–H groups in total. The summed E-state index contributed by atoms with van der Waals surface area (Å²) in [5, 5.41) is 7.82. The lowest BCUT2D eigenvalue weighted by Crippen LogP contribution is -2.45. The van der Waals surface area contributed by atoms with Gasteiger partial charge in [-0.25, -0.2) is 0 Å². The van der Waals surface area contributed by atoms with Gasteiger partial charge in [0.2, 0.25) is 0 Å². The van der Waals surface area contributed by atoms with Gasteiger partial charge in [-0.1, -0.05) is 37.3 Å². The van der Waals surface area contributed by atoms with Gasteiger partial charge in [0.15, 0.2) is 0 Å². The molecule has 0 aliphatic carbocycles. The van der Waals surface area contributed by atoms with Gasteiger partial charge < -0.3 is 10.5 Å². The third-order valence-electron chi connectivity index (χ3n) is 3.70. The van der Waals surface area contributed by atoms with Crippen LogP contribution in [0.5, 0.6) is 0 Å². The van der Waals surface area contributed by atoms with Crippen molar-refractivity contribution in [3.05, 3.63) is 35.9 Å². The molecule has 1 heterocycles. The van der Waals surface area contributed by atoms with Gasteiger partial charge in [0.25, 0.3) is 0 Å². The molecule has 1 aliphatic heterocycles. The first kappa shape index (κ1) is 14.0. The van der Waals surface area contributed by atoms with Crippen molar-refractivity contribution in [3.63, 3.8) is 0 Å². The Labute approximate surface area is 115 Å². The van der Waals surface area contributed by atoms with E-state index in [1.165, 1.54) is 0 Å². The predicted octanol–water partition coefficient (Wildman–Crippen LogP) is 1.82. The number of amidine groups is 1. The Morgan fingerprint density at radius 3 is 2.84 bits per heavy atom. The van der Waals surface area contributed by atoms with E-state index < -0.39 is 0 Å². The third kappa shape index (κ3) is 3.78. The minimum absolute atomic E-state index is 0.0168. The molecule has 0 amide bonds. The second kappa shape index (κ2) is 6.68. The Balaban J connectivity index is 2.03. The van der Waals surface area contributed by atoms with E-state index in [-0.39, 0.29) is 11.8 Å². The summed E-state index contributed by atoms with van der Waals surface area (Å²) in [5.41, 5.74) is 6.90. The van der Waals surface area contributed by atoms with E-state index in [0.29, 0.717) is 6.10 Å². The van der Waals surface area contributed by atoms with Crippen molar-refractivity contribution in [2.75, 3.05) is 26.2 Å². The highest BCUT2D eigenvalue weighted by Gasteiger charge is 2.24. The molecule has 1 aromatic rings. The Morgan fingerprint density at radius 2 is 2.21 bits per heavy atom. The molecule has 1 saturated heterocycles. The lowest BCUT2D eigenvalue weighted by molar-refractivity contribution is -0.0298. The van der Waals surface area contributed by atoms with E-state index in [4.69, 9.17) is 15.9 Å². The van der Waals surface area contributed by atoms with Crippen LogP contribution in [0, 0.1) is 5.41 Å². The summed E-state index contributed by atoms with van der Waals surface area (Å²) in [6.45, 7) is 5.59. The third-order valence-corrected chi connectivity index (χ3v) is 3.70. The van der Waals surface area contributed by atoms with Crippen LogP contribution < -0.4 is 5.73 Å². The van der Waals surface area contributed by atoms with Crippen LogP contribution in [-0.2, 0) is 4.74 Å². The van der Waals surface area contributed by atoms with Gasteiger partial charge in [0.1, 0.15) is 0 Å². The Kier molecular flexibility index (Phi) is 4.93. The lowest BCUT2D eigenvalue weighted by Gasteiger charge is -2.34. The molecular weight excluding hydrogens is 238 g/mol. The van der Waals surface area contributed by atoms with Gasteiger partial charge in [0.05, 0.1) is 24.5 Å². The first-order valence-electron chi connectivity index (χ1n) is 6.93. The lowest BCUT2D eigenvalue weighted by atomic mass is 9.97. The average Bonchev–Trinajstić information content (AvgIpc) is 2.45. The van der Waals surface area contributed by atoms with Crippen molar-refractivity contribution in [3.8, 4) is 0 Å². The van der Waals surface area contributed by atoms with Crippen molar-refractivity contribution in [1.29, 1.82) is 5.41 Å². The molecule has 4 nitrogen and oxygen atoms in total. The summed E-state index contributed by atoms with van der Waals surface area (Å²) in [5.74, 6) is 0.225. The van der Waals surface area contributed by atoms with Gasteiger partial charge in [-0.2, -0.15) is 0 Å². The number of hydrogen-bond donors (Lipinski definition) is 2. The quantitative estimate of drug-likeness (QED) is 0.628. The molecule has 19 heavy (non-hydrogen) atoms. The molecule has 0 spiro atoms. The number of ether oxygens (including phenoxy) is 1. The van der Waals surface area contributed by atoms with Gasteiger partial charge in [-0.05, 0) is 12.0 Å². The number of rotatable bonds is 5. The number of nitrogens with zero attached hydrogens (tertiary/aromatic N) is 1. The molecule has 2 rings (SSSR count). The molecular formula is C15H23N3O. The van der Waals surface area contributed by atoms with Crippen LogP contribution >= 0.6 is 0 Å². The maximum atomic E-state index is 7.82. The molecule has 2 atom stereocenters. The first-order valence-corrected chi connectivity index (χ1v) is 6.93. The van der Waals surface area contributed by atoms with E-state index in [1.54, 1.807) is 0 Å². The van der Waals surface area contributed by atoms with E-state index >= 15 is 0 Å². The fraction of sp³-hybridized carbons (Fsp3) is 0.533. The molecule has 0 saturated carbocycles. The monoisotopic (exact) mass is 261 g/mol. The SMILES string of the molecule is CCC1CN(CC(C(=N)N)c2ccccc2)CCO1. The van der Waals surface area contributed by atoms with Crippen LogP contribution in [0.15, 0.2) is 30.3 Å². The van der Waals surface area contributed by atoms with Crippen LogP contribution in [-0.4, -0.2) is 43.1 Å². The average molecular weight is 261 g/mol. The zero-order valence-electron chi connectivity index (χ0n) is 11.5. The van der Waals surface area contributed by atoms with Crippen molar-refractivity contribution in [2.24, 2.45) is 5.73 Å². The number of nitrogens with two attached hydrogens (primary N) is 1. The normalized spacial score (nSPS) is 22.1. The van der Waals surface area contributed by atoms with Crippen LogP contribution in [0.3, 0.4) is 0 Å². The number of nitrogens with one attached hydrogen (secondary N) is 1. The molecule has 4 heteroatoms. The van der Waals surface area contributed by atoms with Crippen LogP contribution in [0.2, 0.25) is 0 Å². The second-order valence-corrected chi connectivity index (χ2v) is 5.08. The molecule has 1 aliphatic rings. The van der Waals surface area contributed by atoms with E-state index in [0.717, 1.165) is 38.2 Å². The van der Waals surface area contributed by atoms with E-state index in [9.17, 15) is 0 Å². The maximum absolute atomic E-state index is 7.82. The Hall–Kier alpha value is -1.39. The van der Waals surface area contributed by atoms with Crippen molar-refractivity contribution < 1.29 is 4.74 Å². The smallest absolute Gasteiger partial charge is 0.0995 e. The topological polar surface area (TPSA) is 62.3 Å². The number of benzene rings is 1. The summed E-state index contributed by atoms with van der Waals surface area (Å²) in [7, 11) is 0. The number of hydrogen-bond acceptors (Lipinski definition) is 3. The molecule has 0 bridgehead atoms. The van der Waals surface area contributed by atoms with Crippen molar-refractivity contribution in [2.45, 2.75) is 25.4 Å². The molecule has 2 unspecified atom stereocenters. The summed E-state index contributed by atoms with van der Waals surface area (Å²) in [4.78, 5) is 2.36. The summed E-state index contributed by atoms with van der Waals surface area (Å²) in [6.07, 6.45) is 1.35. The zero-order chi connectivity index (χ0) is 13.7. The fourth-order valence-electron chi connectivity index (χ4n) is 2.52. The highest BCUT2D eigenvalue weighted by Crippen LogP contribution is 2.19. The Morgan fingerprint density at radius 1 is 1.47 bits per heavy atom. The second-order valence-electron chi connectivity index (χ2n) is 5.08. The highest BCUT2D eigenvalue weighted by atomic mass is 16.5. The molecule has 0 aromatic heterocycles. The van der Waals surface area contributed by atoms with Crippen LogP contribution in [0.25, 0.3) is 0 Å². The fourth-order valence-corrected chi connectivity index (χ4v) is 2.52. The highest BCUT2D eigenvalue weighted by molar-refractivity contribution is 5.84. The van der Waals surface area contributed by atoms with Crippen molar-refractivity contribution >= 4 is 5.84 Å². The summed E-state index contributed by atoms with van der Waals surface area (Å²) < 4.78 is 5.68. The van der Waals surface area contributed by atoms with Gasteiger partial charge >= 0.3 is 0 Å². The maximum Gasteiger partial charge on any atom is 0.0995 e. The van der Waals surface area contributed by atoms with Gasteiger partial charge in [0, 0.05) is 19.6 Å². The molecule has 104 valence electrons. The minimum atomic E-state index is -0.0168. The van der Waals surface area contributed by atoms with Crippen LogP contribution in [0.4, 0.5) is 0 Å². The van der Waals surface area contributed by atoms with Crippen molar-refractivity contribution in [1.82, 2.24) is 4.90 Å². The standard InChI is InChI=1S/C15H23N3O/c1-2-13-10-18(8-9-19-13)11-14(15(16)17)12-6-4-3-5-7-12/h3-7,13-14H,2,8-11H2,1H3,(H3,16,17). The Bertz CT molecular complexity index is 407. The molecule has 0 radical (unpaired) electrons. The largest absolute Gasteiger partial charge is 0.387 e. The summed E-state index contributed by atoms with van der Waals surface area (Å²) >= 11 is 0. The predicted molar refractivity (Wildman–Crippen MR) is 77.6 cm³/mol. The molecule has 1 aromatic carbocycles. The zero-order valence-corrected chi connectivity index (χ0v) is 11.5. The summed E-state index contributed by atoms with van der Waals surface area (Å²) in [6, 6.07) is 10.1. The van der Waals surface area contributed by atoms with Gasteiger partial charge in [-0.3, -0.25) is 10.3 Å². The van der Waals surface area contributed by atoms with E-state index in [2.05, 4.69) is 11.8 Å². The molecule has 1 fully saturated rings. The van der Waals surface area contributed by atoms with E-state index in [1.807, 2.05) is 30.3 Å². The number of morpholine rings is 1. The minimum Gasteiger partial charge on any atom is -0.387 e. The first-order chi connectivity index (χ1) is 9.20. The van der Waals surface area contributed by atoms with Crippen LogP contribution in [0.1, 0.15) is 24.8 Å².